The summed E-state index contributed by atoms with van der Waals surface area (Å²) in [7, 11) is 1.19. The summed E-state index contributed by atoms with van der Waals surface area (Å²) in [6, 6.07) is 0. The minimum atomic E-state index is -4.64. The molecule has 2 unspecified atom stereocenters. The number of rotatable bonds is 63. The van der Waals surface area contributed by atoms with E-state index in [0.29, 0.717) is 17.4 Å². The lowest BCUT2D eigenvalue weighted by Crippen LogP contribution is -2.37. The largest absolute Gasteiger partial charge is 0.756 e. The predicted octanol–water partition coefficient (Wildman–Crippen LogP) is 21.0. The van der Waals surface area contributed by atoms with Gasteiger partial charge in [-0.05, 0) is 51.4 Å². The summed E-state index contributed by atoms with van der Waals surface area (Å²) in [6.45, 7) is 4.19. The number of ether oxygens (including phenoxy) is 2. The van der Waals surface area contributed by atoms with Crippen LogP contribution in [-0.4, -0.2) is 70.0 Å². The zero-order valence-electron chi connectivity index (χ0n) is 52.8. The van der Waals surface area contributed by atoms with Gasteiger partial charge in [-0.3, -0.25) is 14.2 Å². The summed E-state index contributed by atoms with van der Waals surface area (Å²) < 4.78 is 34.3. The number of phosphoric ester groups is 1. The van der Waals surface area contributed by atoms with Crippen molar-refractivity contribution in [1.29, 1.82) is 0 Å². The third-order valence-corrected chi connectivity index (χ3v) is 16.1. The van der Waals surface area contributed by atoms with Crippen LogP contribution in [0.5, 0.6) is 0 Å². The number of nitrogens with zero attached hydrogens (tertiary/aromatic N) is 1. The van der Waals surface area contributed by atoms with Crippen LogP contribution in [0.1, 0.15) is 328 Å². The van der Waals surface area contributed by atoms with E-state index in [0.717, 1.165) is 57.8 Å². The van der Waals surface area contributed by atoms with Gasteiger partial charge in [0.1, 0.15) is 19.8 Å². The minimum absolute atomic E-state index is 0.0277. The Morgan fingerprint density at radius 1 is 0.405 bits per heavy atom. The second kappa shape index (κ2) is 60.6. The van der Waals surface area contributed by atoms with Crippen LogP contribution >= 0.6 is 7.82 Å². The Kier molecular flexibility index (Phi) is 59.0. The first kappa shape index (κ1) is 77.0. The maximum absolute atomic E-state index is 12.8. The molecule has 0 heterocycles. The topological polar surface area (TPSA) is 111 Å². The maximum atomic E-state index is 12.8. The molecule has 0 saturated heterocycles. The van der Waals surface area contributed by atoms with E-state index in [1.54, 1.807) is 0 Å². The maximum Gasteiger partial charge on any atom is 0.306 e. The quantitative estimate of drug-likeness (QED) is 0.0195. The molecule has 0 bridgehead atoms. The number of hydrogen-bond acceptors (Lipinski definition) is 8. The standard InChI is InChI=1S/C69H130NO8P/c1-6-8-10-12-14-16-18-20-22-24-26-28-29-30-31-32-33-34-35-36-37-38-39-40-41-42-44-46-48-50-52-54-56-58-60-62-69(72)78-67(66-77-79(73,74)76-64-63-70(3,4)5)65-75-68(71)61-59-57-55-53-51-49-47-45-43-27-25-23-21-19-17-15-13-11-9-7-2/h8,10,14,16,20,22,26,28,67H,6-7,9,11-13,15,17-19,21,23-25,27,29-66H2,1-5H3/b10-8-,16-14-,22-20-,28-26-. The van der Waals surface area contributed by atoms with Crippen LogP contribution in [0.2, 0.25) is 0 Å². The average molecular weight is 1130 g/mol. The van der Waals surface area contributed by atoms with E-state index in [4.69, 9.17) is 18.5 Å². The number of allylic oxidation sites excluding steroid dienone is 8. The van der Waals surface area contributed by atoms with Crippen molar-refractivity contribution in [1.82, 2.24) is 0 Å². The highest BCUT2D eigenvalue weighted by Crippen LogP contribution is 2.38. The molecule has 0 amide bonds. The van der Waals surface area contributed by atoms with Crippen molar-refractivity contribution >= 4 is 19.8 Å². The van der Waals surface area contributed by atoms with Gasteiger partial charge in [0.2, 0.25) is 0 Å². The van der Waals surface area contributed by atoms with Crippen LogP contribution in [0.15, 0.2) is 48.6 Å². The van der Waals surface area contributed by atoms with Crippen molar-refractivity contribution in [3.05, 3.63) is 48.6 Å². The van der Waals surface area contributed by atoms with Crippen molar-refractivity contribution in [2.45, 2.75) is 335 Å². The van der Waals surface area contributed by atoms with Gasteiger partial charge in [0.15, 0.2) is 6.10 Å². The fourth-order valence-electron chi connectivity index (χ4n) is 9.95. The molecule has 0 aliphatic rings. The highest BCUT2D eigenvalue weighted by molar-refractivity contribution is 7.45. The van der Waals surface area contributed by atoms with E-state index in [2.05, 4.69) is 62.5 Å². The first-order valence-electron chi connectivity index (χ1n) is 33.8. The fourth-order valence-corrected chi connectivity index (χ4v) is 10.7. The Bertz CT molecular complexity index is 1470. The highest BCUT2D eigenvalue weighted by Gasteiger charge is 2.22. The van der Waals surface area contributed by atoms with Crippen LogP contribution < -0.4 is 4.89 Å². The lowest BCUT2D eigenvalue weighted by molar-refractivity contribution is -0.870. The molecule has 0 fully saturated rings. The average Bonchev–Trinajstić information content (AvgIpc) is 3.41. The number of esters is 2. The van der Waals surface area contributed by atoms with Gasteiger partial charge >= 0.3 is 11.9 Å². The molecule has 79 heavy (non-hydrogen) atoms. The lowest BCUT2D eigenvalue weighted by atomic mass is 10.0. The number of carbonyl (C=O) groups is 2. The molecule has 0 aliphatic carbocycles. The van der Waals surface area contributed by atoms with E-state index >= 15 is 0 Å². The first-order valence-corrected chi connectivity index (χ1v) is 35.3. The molecule has 2 atom stereocenters. The molecular weight excluding hydrogens is 1000 g/mol. The molecule has 9 nitrogen and oxygen atoms in total. The van der Waals surface area contributed by atoms with Gasteiger partial charge in [0.25, 0.3) is 7.82 Å². The summed E-state index contributed by atoms with van der Waals surface area (Å²) >= 11 is 0. The summed E-state index contributed by atoms with van der Waals surface area (Å²) in [4.78, 5) is 38.0. The van der Waals surface area contributed by atoms with Crippen LogP contribution in [0, 0.1) is 0 Å². The number of hydrogen-bond donors (Lipinski definition) is 0. The summed E-state index contributed by atoms with van der Waals surface area (Å²) in [5.41, 5.74) is 0. The van der Waals surface area contributed by atoms with E-state index in [9.17, 15) is 19.0 Å². The SMILES string of the molecule is CC/C=C\C/C=C\C/C=C\C/C=C\CCCCCCCCCCCCCCCCCCCCCCCCC(=O)OC(COC(=O)CCCCCCCCCCCCCCCCCCCCCC)COP(=O)([O-])OCC[N+](C)(C)C. The zero-order valence-corrected chi connectivity index (χ0v) is 53.7. The number of phosphoric acid groups is 1. The molecule has 0 rings (SSSR count). The molecule has 0 saturated carbocycles. The molecule has 0 radical (unpaired) electrons. The van der Waals surface area contributed by atoms with Crippen molar-refractivity contribution in [2.24, 2.45) is 0 Å². The summed E-state index contributed by atoms with van der Waals surface area (Å²) in [5, 5.41) is 0. The Morgan fingerprint density at radius 3 is 1.08 bits per heavy atom. The van der Waals surface area contributed by atoms with Gasteiger partial charge < -0.3 is 27.9 Å². The molecule has 10 heteroatoms. The van der Waals surface area contributed by atoms with Crippen molar-refractivity contribution in [3.8, 4) is 0 Å². The van der Waals surface area contributed by atoms with Crippen molar-refractivity contribution in [3.63, 3.8) is 0 Å². The van der Waals surface area contributed by atoms with Gasteiger partial charge in [-0.1, -0.05) is 313 Å². The molecule has 464 valence electrons. The lowest BCUT2D eigenvalue weighted by Gasteiger charge is -2.28. The number of carbonyl (C=O) groups excluding carboxylic acids is 2. The Balaban J connectivity index is 3.97. The van der Waals surface area contributed by atoms with E-state index < -0.39 is 26.5 Å². The molecule has 0 spiro atoms. The molecule has 0 aromatic carbocycles. The van der Waals surface area contributed by atoms with E-state index in [1.165, 1.54) is 238 Å². The zero-order chi connectivity index (χ0) is 57.7. The fraction of sp³-hybridized carbons (Fsp3) is 0.855. The second-order valence-electron chi connectivity index (χ2n) is 24.2. The van der Waals surface area contributed by atoms with Crippen molar-refractivity contribution in [2.75, 3.05) is 47.5 Å². The first-order chi connectivity index (χ1) is 38.5. The van der Waals surface area contributed by atoms with Crippen LogP contribution in [0.3, 0.4) is 0 Å². The van der Waals surface area contributed by atoms with Gasteiger partial charge in [-0.2, -0.15) is 0 Å². The van der Waals surface area contributed by atoms with Crippen molar-refractivity contribution < 1.29 is 42.1 Å². The number of likely N-dealkylation sites (N-methyl/N-ethyl adjacent to an activating group) is 1. The normalized spacial score (nSPS) is 13.4. The van der Waals surface area contributed by atoms with E-state index in [1.807, 2.05) is 21.1 Å². The third-order valence-electron chi connectivity index (χ3n) is 15.1. The monoisotopic (exact) mass is 1130 g/mol. The highest BCUT2D eigenvalue weighted by atomic mass is 31.2. The van der Waals surface area contributed by atoms with Crippen LogP contribution in [0.25, 0.3) is 0 Å². The van der Waals surface area contributed by atoms with Gasteiger partial charge in [-0.25, -0.2) is 0 Å². The molecule has 0 aliphatic heterocycles. The molecular formula is C69H130NO8P. The summed E-state index contributed by atoms with van der Waals surface area (Å²) in [6.07, 6.45) is 77.6. The predicted molar refractivity (Wildman–Crippen MR) is 337 cm³/mol. The van der Waals surface area contributed by atoms with Crippen LogP contribution in [-0.2, 0) is 32.7 Å². The Hall–Kier alpha value is -2.03. The van der Waals surface area contributed by atoms with Crippen LogP contribution in [0.4, 0.5) is 0 Å². The van der Waals surface area contributed by atoms with Gasteiger partial charge in [0, 0.05) is 12.8 Å². The smallest absolute Gasteiger partial charge is 0.306 e. The minimum Gasteiger partial charge on any atom is -0.756 e. The van der Waals surface area contributed by atoms with E-state index in [-0.39, 0.29) is 32.0 Å². The molecule has 0 N–H and O–H groups in total. The second-order valence-corrected chi connectivity index (χ2v) is 25.6. The Labute approximate surface area is 490 Å². The number of quaternary nitrogens is 1. The van der Waals surface area contributed by atoms with Gasteiger partial charge in [-0.15, -0.1) is 0 Å². The number of unbranched alkanes of at least 4 members (excludes halogenated alkanes) is 41. The molecule has 0 aromatic heterocycles. The van der Waals surface area contributed by atoms with Gasteiger partial charge in [0.05, 0.1) is 27.7 Å². The Morgan fingerprint density at radius 2 is 0.722 bits per heavy atom. The summed E-state index contributed by atoms with van der Waals surface area (Å²) in [5.74, 6) is -0.812. The molecule has 0 aromatic rings. The third kappa shape index (κ3) is 65.0.